The largest absolute Gasteiger partial charge is 0.480 e. The van der Waals surface area contributed by atoms with Gasteiger partial charge in [0.05, 0.1) is 10.9 Å². The smallest absolute Gasteiger partial charge is 0.321 e. The van der Waals surface area contributed by atoms with Crippen molar-refractivity contribution < 1.29 is 23.1 Å². The van der Waals surface area contributed by atoms with Crippen LogP contribution in [0.3, 0.4) is 0 Å². The zero-order valence-electron chi connectivity index (χ0n) is 17.4. The van der Waals surface area contributed by atoms with E-state index in [2.05, 4.69) is 15.4 Å². The average molecular weight is 480 g/mol. The summed E-state index contributed by atoms with van der Waals surface area (Å²) in [5, 5.41) is 15.9. The van der Waals surface area contributed by atoms with Crippen molar-refractivity contribution in [3.8, 4) is 11.1 Å². The van der Waals surface area contributed by atoms with Crippen LogP contribution < -0.4 is 15.4 Å². The number of halogens is 1. The van der Waals surface area contributed by atoms with Crippen molar-refractivity contribution in [3.63, 3.8) is 0 Å². The standard InChI is InChI=1S/C22H26ClN3O5S/c23-17-9-5-15(6-10-17)16-7-11-18(12-8-16)32(30,31)26-20(22(28)29)4-2-14-25-21(27)19-3-1-13-24-19/h5-12,19-20,24,26H,1-4,13-14H2,(H,25,27)(H,28,29). The van der Waals surface area contributed by atoms with Crippen LogP contribution in [0.25, 0.3) is 11.1 Å². The Kier molecular flexibility index (Phi) is 8.25. The second-order valence-corrected chi connectivity index (χ2v) is 9.78. The Bertz CT molecular complexity index is 1040. The first-order valence-corrected chi connectivity index (χ1v) is 12.2. The van der Waals surface area contributed by atoms with E-state index in [0.29, 0.717) is 11.4 Å². The van der Waals surface area contributed by atoms with E-state index in [-0.39, 0.29) is 29.8 Å². The highest BCUT2D eigenvalue weighted by Crippen LogP contribution is 2.23. The van der Waals surface area contributed by atoms with Gasteiger partial charge in [0.25, 0.3) is 0 Å². The highest BCUT2D eigenvalue weighted by Gasteiger charge is 2.26. The molecule has 2 atom stereocenters. The summed E-state index contributed by atoms with van der Waals surface area (Å²) in [7, 11) is -4.03. The van der Waals surface area contributed by atoms with Gasteiger partial charge < -0.3 is 15.7 Å². The van der Waals surface area contributed by atoms with E-state index >= 15 is 0 Å². The lowest BCUT2D eigenvalue weighted by Crippen LogP contribution is -2.43. The normalized spacial score (nSPS) is 17.1. The molecule has 1 heterocycles. The molecule has 4 N–H and O–H groups in total. The summed E-state index contributed by atoms with van der Waals surface area (Å²) < 4.78 is 27.6. The van der Waals surface area contributed by atoms with Gasteiger partial charge in [0, 0.05) is 11.6 Å². The second kappa shape index (κ2) is 10.9. The molecule has 2 unspecified atom stereocenters. The lowest BCUT2D eigenvalue weighted by Gasteiger charge is -2.16. The topological polar surface area (TPSA) is 125 Å². The number of carboxylic acid groups (broad SMARTS) is 1. The third-order valence-corrected chi connectivity index (χ3v) is 7.02. The number of carbonyl (C=O) groups is 2. The molecule has 0 aromatic heterocycles. The van der Waals surface area contributed by atoms with Gasteiger partial charge in [-0.2, -0.15) is 4.72 Å². The highest BCUT2D eigenvalue weighted by atomic mass is 35.5. The lowest BCUT2D eigenvalue weighted by atomic mass is 10.1. The third kappa shape index (κ3) is 6.52. The molecule has 0 saturated carbocycles. The van der Waals surface area contributed by atoms with E-state index in [1.807, 2.05) is 12.1 Å². The molecule has 1 saturated heterocycles. The minimum Gasteiger partial charge on any atom is -0.480 e. The fraction of sp³-hybridized carbons (Fsp3) is 0.364. The van der Waals surface area contributed by atoms with Crippen molar-refractivity contribution in [1.82, 2.24) is 15.4 Å². The number of hydrogen-bond donors (Lipinski definition) is 4. The number of nitrogens with one attached hydrogen (secondary N) is 3. The summed E-state index contributed by atoms with van der Waals surface area (Å²) in [6, 6.07) is 11.8. The summed E-state index contributed by atoms with van der Waals surface area (Å²) >= 11 is 5.89. The van der Waals surface area contributed by atoms with E-state index in [1.54, 1.807) is 24.3 Å². The van der Waals surface area contributed by atoms with E-state index in [0.717, 1.165) is 30.5 Å². The van der Waals surface area contributed by atoms with Crippen molar-refractivity contribution in [2.45, 2.75) is 42.7 Å². The Hall–Kier alpha value is -2.46. The summed E-state index contributed by atoms with van der Waals surface area (Å²) in [5.41, 5.74) is 1.69. The van der Waals surface area contributed by atoms with Crippen LogP contribution in [0.5, 0.6) is 0 Å². The minimum atomic E-state index is -4.03. The molecule has 2 aromatic rings. The van der Waals surface area contributed by atoms with E-state index in [1.165, 1.54) is 12.1 Å². The van der Waals surface area contributed by atoms with Crippen LogP contribution in [0, 0.1) is 0 Å². The minimum absolute atomic E-state index is 0.0259. The molecule has 32 heavy (non-hydrogen) atoms. The van der Waals surface area contributed by atoms with Gasteiger partial charge in [-0.1, -0.05) is 35.9 Å². The van der Waals surface area contributed by atoms with E-state index in [4.69, 9.17) is 11.6 Å². The quantitative estimate of drug-likeness (QED) is 0.388. The van der Waals surface area contributed by atoms with Gasteiger partial charge in [-0.15, -0.1) is 0 Å². The van der Waals surface area contributed by atoms with Crippen LogP contribution in [0.4, 0.5) is 0 Å². The molecule has 0 radical (unpaired) electrons. The summed E-state index contributed by atoms with van der Waals surface area (Å²) in [6.45, 7) is 1.08. The predicted octanol–water partition coefficient (Wildman–Crippen LogP) is 2.39. The van der Waals surface area contributed by atoms with E-state index in [9.17, 15) is 23.1 Å². The summed E-state index contributed by atoms with van der Waals surface area (Å²) in [5.74, 6) is -1.38. The maximum atomic E-state index is 12.7. The number of benzene rings is 2. The molecule has 1 fully saturated rings. The fourth-order valence-electron chi connectivity index (χ4n) is 3.51. The molecule has 1 aliphatic rings. The molecule has 0 spiro atoms. The van der Waals surface area contributed by atoms with Gasteiger partial charge in [0.1, 0.15) is 6.04 Å². The molecule has 1 amide bonds. The first-order chi connectivity index (χ1) is 15.3. The molecular formula is C22H26ClN3O5S. The molecule has 2 aromatic carbocycles. The molecule has 172 valence electrons. The molecular weight excluding hydrogens is 454 g/mol. The number of sulfonamides is 1. The SMILES string of the molecule is O=C(O)C(CCCNC(=O)C1CCCN1)NS(=O)(=O)c1ccc(-c2ccc(Cl)cc2)cc1. The van der Waals surface area contributed by atoms with Gasteiger partial charge in [-0.05, 0) is 67.6 Å². The molecule has 0 bridgehead atoms. The molecule has 0 aliphatic carbocycles. The number of hydrogen-bond acceptors (Lipinski definition) is 5. The highest BCUT2D eigenvalue weighted by molar-refractivity contribution is 7.89. The zero-order chi connectivity index (χ0) is 23.1. The average Bonchev–Trinajstić information content (AvgIpc) is 3.31. The van der Waals surface area contributed by atoms with Crippen molar-refractivity contribution in [3.05, 3.63) is 53.6 Å². The zero-order valence-corrected chi connectivity index (χ0v) is 19.0. The van der Waals surface area contributed by atoms with Gasteiger partial charge in [-0.3, -0.25) is 9.59 Å². The fourth-order valence-corrected chi connectivity index (χ4v) is 4.86. The van der Waals surface area contributed by atoms with Crippen molar-refractivity contribution >= 4 is 33.5 Å². The Labute approximate surface area is 192 Å². The van der Waals surface area contributed by atoms with Crippen LogP contribution in [0.15, 0.2) is 53.4 Å². The lowest BCUT2D eigenvalue weighted by molar-refractivity contribution is -0.139. The van der Waals surface area contributed by atoms with Gasteiger partial charge in [0.2, 0.25) is 15.9 Å². The molecule has 1 aliphatic heterocycles. The predicted molar refractivity (Wildman–Crippen MR) is 122 cm³/mol. The maximum Gasteiger partial charge on any atom is 0.321 e. The van der Waals surface area contributed by atoms with Crippen LogP contribution in [0.2, 0.25) is 5.02 Å². The van der Waals surface area contributed by atoms with Crippen LogP contribution in [-0.4, -0.2) is 50.6 Å². The Morgan fingerprint density at radius 3 is 2.28 bits per heavy atom. The second-order valence-electron chi connectivity index (χ2n) is 7.63. The van der Waals surface area contributed by atoms with Crippen molar-refractivity contribution in [2.24, 2.45) is 0 Å². The Balaban J connectivity index is 1.56. The van der Waals surface area contributed by atoms with Gasteiger partial charge in [0.15, 0.2) is 0 Å². The third-order valence-electron chi connectivity index (χ3n) is 5.28. The van der Waals surface area contributed by atoms with Crippen molar-refractivity contribution in [2.75, 3.05) is 13.1 Å². The van der Waals surface area contributed by atoms with Gasteiger partial charge >= 0.3 is 5.97 Å². The number of aliphatic carboxylic acids is 1. The first kappa shape index (κ1) is 24.2. The number of carboxylic acids is 1. The molecule has 8 nitrogen and oxygen atoms in total. The van der Waals surface area contributed by atoms with Gasteiger partial charge in [-0.25, -0.2) is 8.42 Å². The van der Waals surface area contributed by atoms with Crippen LogP contribution in [-0.2, 0) is 19.6 Å². The van der Waals surface area contributed by atoms with Crippen molar-refractivity contribution in [1.29, 1.82) is 0 Å². The monoisotopic (exact) mass is 479 g/mol. The first-order valence-electron chi connectivity index (χ1n) is 10.4. The number of carbonyl (C=O) groups excluding carboxylic acids is 1. The van der Waals surface area contributed by atoms with E-state index < -0.39 is 22.0 Å². The van der Waals surface area contributed by atoms with Crippen LogP contribution >= 0.6 is 11.6 Å². The van der Waals surface area contributed by atoms with Crippen LogP contribution in [0.1, 0.15) is 25.7 Å². The molecule has 10 heteroatoms. The Morgan fingerprint density at radius 1 is 1.09 bits per heavy atom. The molecule has 3 rings (SSSR count). The maximum absolute atomic E-state index is 12.7. The number of amides is 1. The number of rotatable bonds is 10. The Morgan fingerprint density at radius 2 is 1.72 bits per heavy atom. The summed E-state index contributed by atoms with van der Waals surface area (Å²) in [6.07, 6.45) is 2.10. The summed E-state index contributed by atoms with van der Waals surface area (Å²) in [4.78, 5) is 23.5.